The van der Waals surface area contributed by atoms with Crippen LogP contribution in [0.3, 0.4) is 0 Å². The molecule has 2 nitrogen and oxygen atoms in total. The molecule has 0 fully saturated rings. The minimum Gasteiger partial charge on any atom is -0.461 e. The van der Waals surface area contributed by atoms with Crippen molar-refractivity contribution in [1.82, 2.24) is 0 Å². The first-order valence-corrected chi connectivity index (χ1v) is 5.58. The molecule has 0 unspecified atom stereocenters. The molecule has 0 N–H and O–H groups in total. The van der Waals surface area contributed by atoms with Crippen LogP contribution >= 0.6 is 11.6 Å². The van der Waals surface area contributed by atoms with Gasteiger partial charge in [0.25, 0.3) is 0 Å². The van der Waals surface area contributed by atoms with Crippen molar-refractivity contribution in [3.05, 3.63) is 40.4 Å². The first-order chi connectivity index (χ1) is 7.63. The molecule has 0 aliphatic rings. The van der Waals surface area contributed by atoms with E-state index in [1.165, 1.54) is 6.92 Å². The third-order valence-electron chi connectivity index (χ3n) is 2.18. The lowest BCUT2D eigenvalue weighted by Gasteiger charge is -2.06. The zero-order chi connectivity index (χ0) is 12.0. The molecule has 0 atom stereocenters. The minimum atomic E-state index is -0.265. The second-order valence-corrected chi connectivity index (χ2v) is 3.87. The van der Waals surface area contributed by atoms with Gasteiger partial charge < -0.3 is 4.74 Å². The Balaban J connectivity index is 2.79. The summed E-state index contributed by atoms with van der Waals surface area (Å²) in [5.74, 6) is -0.265. The van der Waals surface area contributed by atoms with E-state index in [1.807, 2.05) is 37.3 Å². The Morgan fingerprint density at radius 2 is 2.12 bits per heavy atom. The van der Waals surface area contributed by atoms with Gasteiger partial charge in [0.2, 0.25) is 0 Å². The molecule has 0 aliphatic heterocycles. The Morgan fingerprint density at radius 1 is 1.44 bits per heavy atom. The molecule has 0 saturated heterocycles. The number of ether oxygens (including phenoxy) is 1. The van der Waals surface area contributed by atoms with E-state index < -0.39 is 0 Å². The predicted molar refractivity (Wildman–Crippen MR) is 66.4 cm³/mol. The molecule has 16 heavy (non-hydrogen) atoms. The number of carbonyl (C=O) groups is 1. The molecule has 1 rings (SSSR count). The van der Waals surface area contributed by atoms with Crippen LogP contribution in [-0.2, 0) is 9.53 Å². The van der Waals surface area contributed by atoms with Crippen LogP contribution in [0.4, 0.5) is 0 Å². The van der Waals surface area contributed by atoms with E-state index in [4.69, 9.17) is 16.3 Å². The predicted octanol–water partition coefficient (Wildman–Crippen LogP) is 3.70. The molecule has 0 heterocycles. The quantitative estimate of drug-likeness (QED) is 0.748. The molecule has 1 aromatic carbocycles. The maximum absolute atomic E-state index is 10.7. The smallest absolute Gasteiger partial charge is 0.302 e. The lowest BCUT2D eigenvalue weighted by molar-refractivity contribution is -0.139. The summed E-state index contributed by atoms with van der Waals surface area (Å²) in [4.78, 5) is 10.7. The summed E-state index contributed by atoms with van der Waals surface area (Å²) in [6.45, 7) is 3.76. The third-order valence-corrected chi connectivity index (χ3v) is 2.52. The van der Waals surface area contributed by atoms with E-state index in [2.05, 4.69) is 0 Å². The van der Waals surface area contributed by atoms with Crippen molar-refractivity contribution in [2.75, 3.05) is 6.61 Å². The highest BCUT2D eigenvalue weighted by Crippen LogP contribution is 2.19. The number of rotatable bonds is 4. The summed E-state index contributed by atoms with van der Waals surface area (Å²) in [7, 11) is 0. The van der Waals surface area contributed by atoms with E-state index in [0.29, 0.717) is 11.6 Å². The van der Waals surface area contributed by atoms with Gasteiger partial charge in [0, 0.05) is 11.9 Å². The van der Waals surface area contributed by atoms with Gasteiger partial charge >= 0.3 is 5.97 Å². The number of hydrogen-bond acceptors (Lipinski definition) is 2. The van der Waals surface area contributed by atoms with Crippen LogP contribution in [0.1, 0.15) is 25.8 Å². The molecule has 3 heteroatoms. The molecule has 1 aromatic rings. The summed E-state index contributed by atoms with van der Waals surface area (Å²) in [5, 5.41) is 0.705. The van der Waals surface area contributed by atoms with Crippen LogP contribution in [0.5, 0.6) is 0 Å². The molecule has 0 aromatic heterocycles. The fraction of sp³-hybridized carbons (Fsp3) is 0.308. The minimum absolute atomic E-state index is 0.265. The maximum atomic E-state index is 10.7. The monoisotopic (exact) mass is 238 g/mol. The molecule has 0 spiro atoms. The van der Waals surface area contributed by atoms with E-state index in [1.54, 1.807) is 0 Å². The fourth-order valence-corrected chi connectivity index (χ4v) is 1.44. The van der Waals surface area contributed by atoms with Gasteiger partial charge in [-0.2, -0.15) is 0 Å². The Labute approximate surface area is 101 Å². The number of halogens is 1. The second-order valence-electron chi connectivity index (χ2n) is 3.46. The normalized spacial score (nSPS) is 11.3. The van der Waals surface area contributed by atoms with Gasteiger partial charge in [0.1, 0.15) is 6.61 Å². The Kier molecular flexibility index (Phi) is 5.06. The molecular weight excluding hydrogens is 224 g/mol. The number of esters is 1. The highest BCUT2D eigenvalue weighted by atomic mass is 35.5. The highest BCUT2D eigenvalue weighted by Gasteiger charge is 2.01. The van der Waals surface area contributed by atoms with Crippen molar-refractivity contribution in [1.29, 1.82) is 0 Å². The molecule has 0 saturated carbocycles. The van der Waals surface area contributed by atoms with Crippen molar-refractivity contribution in [3.63, 3.8) is 0 Å². The lowest BCUT2D eigenvalue weighted by atomic mass is 10.1. The van der Waals surface area contributed by atoms with Gasteiger partial charge in [0.05, 0.1) is 0 Å². The van der Waals surface area contributed by atoms with Crippen molar-refractivity contribution in [3.8, 4) is 0 Å². The van der Waals surface area contributed by atoms with Crippen LogP contribution in [0, 0.1) is 0 Å². The third kappa shape index (κ3) is 4.07. The average Bonchev–Trinajstić information content (AvgIpc) is 2.26. The van der Waals surface area contributed by atoms with Gasteiger partial charge in [-0.05, 0) is 23.6 Å². The molecule has 0 amide bonds. The zero-order valence-electron chi connectivity index (χ0n) is 9.50. The summed E-state index contributed by atoms with van der Waals surface area (Å²) in [5.41, 5.74) is 2.00. The first kappa shape index (κ1) is 12.8. The van der Waals surface area contributed by atoms with E-state index >= 15 is 0 Å². The second kappa shape index (κ2) is 6.33. The lowest BCUT2D eigenvalue weighted by Crippen LogP contribution is -2.02. The molecular formula is C13H15ClO2. The summed E-state index contributed by atoms with van der Waals surface area (Å²) in [6, 6.07) is 7.59. The molecule has 0 radical (unpaired) electrons. The summed E-state index contributed by atoms with van der Waals surface area (Å²) in [6.07, 6.45) is 2.80. The first-order valence-electron chi connectivity index (χ1n) is 5.20. The Hall–Kier alpha value is -1.28. The number of benzene rings is 1. The van der Waals surface area contributed by atoms with Crippen molar-refractivity contribution in [2.24, 2.45) is 0 Å². The van der Waals surface area contributed by atoms with Crippen LogP contribution < -0.4 is 0 Å². The Bertz CT molecular complexity index is 397. The van der Waals surface area contributed by atoms with E-state index in [9.17, 15) is 4.79 Å². The van der Waals surface area contributed by atoms with Gasteiger partial charge in [-0.3, -0.25) is 4.79 Å². The molecule has 86 valence electrons. The van der Waals surface area contributed by atoms with E-state index in [-0.39, 0.29) is 5.97 Å². The van der Waals surface area contributed by atoms with Gasteiger partial charge in [-0.1, -0.05) is 42.8 Å². The van der Waals surface area contributed by atoms with Crippen molar-refractivity contribution < 1.29 is 9.53 Å². The number of carbonyl (C=O) groups excluding carboxylic acids is 1. The number of hydrogen-bond donors (Lipinski definition) is 0. The Morgan fingerprint density at radius 3 is 2.69 bits per heavy atom. The van der Waals surface area contributed by atoms with Crippen molar-refractivity contribution in [2.45, 2.75) is 20.3 Å². The van der Waals surface area contributed by atoms with Gasteiger partial charge in [-0.15, -0.1) is 0 Å². The largest absolute Gasteiger partial charge is 0.461 e. The SMILES string of the molecule is CC/C(=C\c1ccccc1Cl)COC(C)=O. The van der Waals surface area contributed by atoms with Crippen LogP contribution in [0.2, 0.25) is 5.02 Å². The van der Waals surface area contributed by atoms with Crippen LogP contribution in [0.25, 0.3) is 6.08 Å². The highest BCUT2D eigenvalue weighted by molar-refractivity contribution is 6.32. The van der Waals surface area contributed by atoms with Crippen LogP contribution in [-0.4, -0.2) is 12.6 Å². The van der Waals surface area contributed by atoms with Gasteiger partial charge in [0.15, 0.2) is 0 Å². The van der Waals surface area contributed by atoms with E-state index in [0.717, 1.165) is 17.6 Å². The standard InChI is InChI=1S/C13H15ClO2/c1-3-11(9-16-10(2)15)8-12-6-4-5-7-13(12)14/h4-8H,3,9H2,1-2H3/b11-8+. The average molecular weight is 239 g/mol. The topological polar surface area (TPSA) is 26.3 Å². The zero-order valence-corrected chi connectivity index (χ0v) is 10.3. The van der Waals surface area contributed by atoms with Crippen molar-refractivity contribution >= 4 is 23.6 Å². The fourth-order valence-electron chi connectivity index (χ4n) is 1.25. The maximum Gasteiger partial charge on any atom is 0.302 e. The summed E-state index contributed by atoms with van der Waals surface area (Å²) < 4.78 is 4.96. The molecule has 0 aliphatic carbocycles. The van der Waals surface area contributed by atoms with Gasteiger partial charge in [-0.25, -0.2) is 0 Å². The van der Waals surface area contributed by atoms with Crippen LogP contribution in [0.15, 0.2) is 29.8 Å². The summed E-state index contributed by atoms with van der Waals surface area (Å²) >= 11 is 6.04. The molecule has 0 bridgehead atoms.